The maximum Gasteiger partial charge on any atom is 0.160 e. The van der Waals surface area contributed by atoms with Gasteiger partial charge in [-0.2, -0.15) is 0 Å². The number of aromatic nitrogens is 1. The fraction of sp³-hybridized carbons (Fsp3) is 0.607. The fourth-order valence-electron chi connectivity index (χ4n) is 5.02. The van der Waals surface area contributed by atoms with Crippen LogP contribution >= 0.6 is 0 Å². The highest BCUT2D eigenvalue weighted by atomic mass is 16.3. The van der Waals surface area contributed by atoms with Gasteiger partial charge in [-0.15, -0.1) is 0 Å². The molecule has 33 heavy (non-hydrogen) atoms. The van der Waals surface area contributed by atoms with Crippen LogP contribution in [0.15, 0.2) is 36.5 Å². The van der Waals surface area contributed by atoms with Crippen molar-refractivity contribution in [2.75, 3.05) is 26.2 Å². The highest BCUT2D eigenvalue weighted by Crippen LogP contribution is 2.36. The Labute approximate surface area is 200 Å². The average molecular weight is 454 g/mol. The van der Waals surface area contributed by atoms with E-state index in [1.807, 2.05) is 18.3 Å². The third kappa shape index (κ3) is 8.31. The smallest absolute Gasteiger partial charge is 0.160 e. The molecule has 0 bridgehead atoms. The first-order chi connectivity index (χ1) is 16.2. The van der Waals surface area contributed by atoms with Crippen LogP contribution in [0.4, 0.5) is 0 Å². The molecule has 5 nitrogen and oxygen atoms in total. The number of nitrogens with zero attached hydrogens (tertiary/aromatic N) is 2. The number of hydrogen-bond donors (Lipinski definition) is 3. The van der Waals surface area contributed by atoms with E-state index in [1.54, 1.807) is 6.07 Å². The van der Waals surface area contributed by atoms with Gasteiger partial charge in [0.15, 0.2) is 11.5 Å². The standard InChI is InChI=1S/C28H43N3O2/c1-2-20-31(25-14-15-26-23(22-25)13-16-27(32)28(26)33)21-10-4-3-7-17-29-18-8-5-11-24-12-6-9-19-30-24/h6,9,12-13,16,19,25,29,32-33H,2-5,7-8,10-11,14-15,17-18,20-22H2,1H3/t25-/m0/s1. The minimum absolute atomic E-state index is 0.0107. The summed E-state index contributed by atoms with van der Waals surface area (Å²) in [5.41, 5.74) is 3.35. The summed E-state index contributed by atoms with van der Waals surface area (Å²) >= 11 is 0. The van der Waals surface area contributed by atoms with Crippen molar-refractivity contribution in [2.45, 2.75) is 83.6 Å². The van der Waals surface area contributed by atoms with E-state index in [2.05, 4.69) is 34.3 Å². The zero-order valence-electron chi connectivity index (χ0n) is 20.4. The van der Waals surface area contributed by atoms with Gasteiger partial charge in [0.2, 0.25) is 0 Å². The zero-order valence-corrected chi connectivity index (χ0v) is 20.4. The highest BCUT2D eigenvalue weighted by molar-refractivity contribution is 5.50. The molecule has 0 radical (unpaired) electrons. The summed E-state index contributed by atoms with van der Waals surface area (Å²) in [7, 11) is 0. The molecular weight excluding hydrogens is 410 g/mol. The van der Waals surface area contributed by atoms with Crippen molar-refractivity contribution < 1.29 is 10.2 Å². The topological polar surface area (TPSA) is 68.6 Å². The fourth-order valence-corrected chi connectivity index (χ4v) is 5.02. The Morgan fingerprint density at radius 1 is 0.970 bits per heavy atom. The Morgan fingerprint density at radius 3 is 2.58 bits per heavy atom. The molecule has 1 atom stereocenters. The molecular formula is C28H43N3O2. The number of phenolic OH excluding ortho intramolecular Hbond substituents is 2. The van der Waals surface area contributed by atoms with E-state index in [-0.39, 0.29) is 11.5 Å². The molecule has 1 aliphatic carbocycles. The summed E-state index contributed by atoms with van der Waals surface area (Å²) < 4.78 is 0. The van der Waals surface area contributed by atoms with Gasteiger partial charge in [-0.1, -0.05) is 31.9 Å². The van der Waals surface area contributed by atoms with Gasteiger partial charge in [-0.05, 0) is 108 Å². The second-order valence-corrected chi connectivity index (χ2v) is 9.45. The molecule has 1 heterocycles. The summed E-state index contributed by atoms with van der Waals surface area (Å²) in [4.78, 5) is 7.04. The maximum absolute atomic E-state index is 10.2. The summed E-state index contributed by atoms with van der Waals surface area (Å²) in [5.74, 6) is 0.103. The molecule has 1 aliphatic rings. The van der Waals surface area contributed by atoms with Gasteiger partial charge >= 0.3 is 0 Å². The SMILES string of the molecule is CCCN(CCCCCCNCCCCc1ccccn1)[C@H]1CCc2c(ccc(O)c2O)C1. The normalized spacial score (nSPS) is 15.6. The minimum atomic E-state index is 0.0107. The lowest BCUT2D eigenvalue weighted by Gasteiger charge is -2.35. The number of rotatable bonds is 15. The minimum Gasteiger partial charge on any atom is -0.504 e. The lowest BCUT2D eigenvalue weighted by Crippen LogP contribution is -2.40. The van der Waals surface area contributed by atoms with E-state index in [9.17, 15) is 10.2 Å². The summed E-state index contributed by atoms with van der Waals surface area (Å²) in [6, 6.07) is 10.3. The van der Waals surface area contributed by atoms with Gasteiger partial charge in [-0.3, -0.25) is 4.98 Å². The van der Waals surface area contributed by atoms with Crippen molar-refractivity contribution in [1.82, 2.24) is 15.2 Å². The molecule has 5 heteroatoms. The first-order valence-corrected chi connectivity index (χ1v) is 13.1. The third-order valence-corrected chi connectivity index (χ3v) is 6.88. The Bertz CT molecular complexity index is 812. The van der Waals surface area contributed by atoms with E-state index < -0.39 is 0 Å². The molecule has 0 saturated heterocycles. The van der Waals surface area contributed by atoms with Crippen molar-refractivity contribution in [1.29, 1.82) is 0 Å². The zero-order chi connectivity index (χ0) is 23.3. The van der Waals surface area contributed by atoms with Crippen LogP contribution in [0.2, 0.25) is 0 Å². The highest BCUT2D eigenvalue weighted by Gasteiger charge is 2.26. The van der Waals surface area contributed by atoms with Crippen LogP contribution in [0.1, 0.15) is 75.1 Å². The number of pyridine rings is 1. The Morgan fingerprint density at radius 2 is 1.79 bits per heavy atom. The number of fused-ring (bicyclic) bond motifs is 1. The first-order valence-electron chi connectivity index (χ1n) is 13.1. The number of benzene rings is 1. The van der Waals surface area contributed by atoms with Crippen molar-refractivity contribution in [3.63, 3.8) is 0 Å². The Balaban J connectivity index is 1.25. The van der Waals surface area contributed by atoms with Crippen molar-refractivity contribution >= 4 is 0 Å². The van der Waals surface area contributed by atoms with Crippen LogP contribution in [0, 0.1) is 0 Å². The Hall–Kier alpha value is -2.11. The number of nitrogens with one attached hydrogen (secondary N) is 1. The van der Waals surface area contributed by atoms with Crippen LogP contribution in [-0.2, 0) is 19.3 Å². The molecule has 0 amide bonds. The number of phenols is 2. The third-order valence-electron chi connectivity index (χ3n) is 6.88. The molecule has 0 fully saturated rings. The number of unbranched alkanes of at least 4 members (excludes halogenated alkanes) is 4. The molecule has 182 valence electrons. The van der Waals surface area contributed by atoms with Gasteiger partial charge in [0.1, 0.15) is 0 Å². The molecule has 3 N–H and O–H groups in total. The van der Waals surface area contributed by atoms with Gasteiger partial charge in [0, 0.05) is 23.5 Å². The second-order valence-electron chi connectivity index (χ2n) is 9.45. The van der Waals surface area contributed by atoms with Crippen molar-refractivity contribution in [3.8, 4) is 11.5 Å². The predicted octanol–water partition coefficient (Wildman–Crippen LogP) is 5.24. The monoisotopic (exact) mass is 453 g/mol. The van der Waals surface area contributed by atoms with Gasteiger partial charge in [0.05, 0.1) is 0 Å². The van der Waals surface area contributed by atoms with Crippen LogP contribution < -0.4 is 5.32 Å². The maximum atomic E-state index is 10.2. The van der Waals surface area contributed by atoms with Crippen LogP contribution in [0.5, 0.6) is 11.5 Å². The molecule has 0 unspecified atom stereocenters. The first kappa shape index (κ1) is 25.5. The molecule has 0 spiro atoms. The quantitative estimate of drug-likeness (QED) is 0.254. The second kappa shape index (κ2) is 14.2. The van der Waals surface area contributed by atoms with E-state index in [0.717, 1.165) is 50.9 Å². The molecule has 3 rings (SSSR count). The molecule has 0 saturated carbocycles. The van der Waals surface area contributed by atoms with Gasteiger partial charge in [-0.25, -0.2) is 0 Å². The predicted molar refractivity (Wildman–Crippen MR) is 136 cm³/mol. The number of hydrogen-bond acceptors (Lipinski definition) is 5. The van der Waals surface area contributed by atoms with Gasteiger partial charge in [0.25, 0.3) is 0 Å². The van der Waals surface area contributed by atoms with Crippen molar-refractivity contribution in [2.24, 2.45) is 0 Å². The summed E-state index contributed by atoms with van der Waals surface area (Å²) in [6.07, 6.45) is 14.5. The van der Waals surface area contributed by atoms with E-state index in [1.165, 1.54) is 62.7 Å². The molecule has 0 aliphatic heterocycles. The summed E-state index contributed by atoms with van der Waals surface area (Å²) in [5, 5.41) is 23.5. The van der Waals surface area contributed by atoms with E-state index in [0.29, 0.717) is 6.04 Å². The van der Waals surface area contributed by atoms with Crippen molar-refractivity contribution in [3.05, 3.63) is 53.3 Å². The number of aromatic hydroxyl groups is 2. The van der Waals surface area contributed by atoms with E-state index >= 15 is 0 Å². The van der Waals surface area contributed by atoms with Crippen LogP contribution in [-0.4, -0.2) is 52.3 Å². The largest absolute Gasteiger partial charge is 0.504 e. The molecule has 1 aromatic carbocycles. The lowest BCUT2D eigenvalue weighted by atomic mass is 9.86. The number of aryl methyl sites for hydroxylation is 1. The molecule has 2 aromatic rings. The van der Waals surface area contributed by atoms with Crippen LogP contribution in [0.3, 0.4) is 0 Å². The average Bonchev–Trinajstić information content (AvgIpc) is 2.84. The lowest BCUT2D eigenvalue weighted by molar-refractivity contribution is 0.175. The molecule has 1 aromatic heterocycles. The van der Waals surface area contributed by atoms with E-state index in [4.69, 9.17) is 0 Å². The Kier molecular flexibility index (Phi) is 11.0. The van der Waals surface area contributed by atoms with Gasteiger partial charge < -0.3 is 20.4 Å². The van der Waals surface area contributed by atoms with Crippen LogP contribution in [0.25, 0.3) is 0 Å². The summed E-state index contributed by atoms with van der Waals surface area (Å²) in [6.45, 7) is 6.80.